The molecule has 0 atom stereocenters. The number of ether oxygens (including phenoxy) is 1. The number of benzene rings is 3. The van der Waals surface area contributed by atoms with E-state index in [-0.39, 0.29) is 17.2 Å². The van der Waals surface area contributed by atoms with Gasteiger partial charge in [-0.3, -0.25) is 14.2 Å². The Morgan fingerprint density at radius 2 is 1.92 bits per heavy atom. The topological polar surface area (TPSA) is 102 Å². The first-order valence-corrected chi connectivity index (χ1v) is 13.9. The summed E-state index contributed by atoms with van der Waals surface area (Å²) in [7, 11) is 0. The van der Waals surface area contributed by atoms with Crippen molar-refractivity contribution in [2.24, 2.45) is 0 Å². The van der Waals surface area contributed by atoms with Gasteiger partial charge in [0.1, 0.15) is 16.8 Å². The van der Waals surface area contributed by atoms with Gasteiger partial charge in [-0.15, -0.1) is 0 Å². The molecule has 0 radical (unpaired) electrons. The second kappa shape index (κ2) is 9.96. The maximum absolute atomic E-state index is 13.7. The van der Waals surface area contributed by atoms with Gasteiger partial charge in [-0.05, 0) is 61.9 Å². The first-order chi connectivity index (χ1) is 18.5. The van der Waals surface area contributed by atoms with Crippen molar-refractivity contribution in [2.75, 3.05) is 17.7 Å². The number of para-hydroxylation sites is 1. The van der Waals surface area contributed by atoms with E-state index in [0.717, 1.165) is 26.7 Å². The fourth-order valence-corrected chi connectivity index (χ4v) is 6.08. The molecule has 6 aromatic rings. The highest BCUT2D eigenvalue weighted by Gasteiger charge is 2.19. The number of aromatic nitrogens is 4. The van der Waals surface area contributed by atoms with Crippen LogP contribution in [0.15, 0.2) is 76.7 Å². The number of carbonyl (C=O) groups is 1. The van der Waals surface area contributed by atoms with Crippen LogP contribution in [0.25, 0.3) is 37.8 Å². The number of nitrogens with one attached hydrogen (secondary N) is 2. The molecule has 38 heavy (non-hydrogen) atoms. The Morgan fingerprint density at radius 1 is 1.11 bits per heavy atom. The van der Waals surface area contributed by atoms with Crippen LogP contribution in [-0.2, 0) is 4.79 Å². The Hall–Kier alpha value is -4.15. The van der Waals surface area contributed by atoms with Gasteiger partial charge >= 0.3 is 0 Å². The molecule has 0 aliphatic heterocycles. The summed E-state index contributed by atoms with van der Waals surface area (Å²) in [5, 5.41) is 4.71. The molecule has 0 bridgehead atoms. The van der Waals surface area contributed by atoms with Crippen molar-refractivity contribution in [3.05, 3.63) is 82.6 Å². The van der Waals surface area contributed by atoms with E-state index in [2.05, 4.69) is 15.3 Å². The van der Waals surface area contributed by atoms with E-state index < -0.39 is 0 Å². The molecule has 0 spiro atoms. The van der Waals surface area contributed by atoms with Gasteiger partial charge in [-0.2, -0.15) is 0 Å². The van der Waals surface area contributed by atoms with Gasteiger partial charge in [0.15, 0.2) is 10.3 Å². The van der Waals surface area contributed by atoms with E-state index >= 15 is 0 Å². The molecule has 0 saturated carbocycles. The van der Waals surface area contributed by atoms with Crippen molar-refractivity contribution < 1.29 is 9.53 Å². The molecule has 10 heteroatoms. The Bertz CT molecular complexity index is 1870. The lowest BCUT2D eigenvalue weighted by molar-refractivity contribution is -0.113. The van der Waals surface area contributed by atoms with E-state index in [1.807, 2.05) is 80.6 Å². The zero-order valence-electron chi connectivity index (χ0n) is 20.6. The maximum atomic E-state index is 13.7. The molecular formula is C28H23N5O3S2. The van der Waals surface area contributed by atoms with Gasteiger partial charge in [0.05, 0.1) is 28.3 Å². The molecule has 3 aromatic heterocycles. The van der Waals surface area contributed by atoms with Gasteiger partial charge in [-0.1, -0.05) is 47.4 Å². The number of aromatic amines is 1. The van der Waals surface area contributed by atoms with Crippen LogP contribution in [0.1, 0.15) is 12.5 Å². The Labute approximate surface area is 225 Å². The molecule has 0 unspecified atom stereocenters. The molecule has 6 rings (SSSR count). The molecule has 190 valence electrons. The predicted octanol–water partition coefficient (Wildman–Crippen LogP) is 5.91. The number of H-pyrrole nitrogens is 1. The highest BCUT2D eigenvalue weighted by molar-refractivity contribution is 7.99. The molecule has 0 saturated heterocycles. The van der Waals surface area contributed by atoms with Gasteiger partial charge in [0.2, 0.25) is 5.91 Å². The number of rotatable bonds is 7. The number of carbonyl (C=O) groups excluding carboxylic acids is 1. The third-order valence-corrected chi connectivity index (χ3v) is 7.90. The zero-order valence-corrected chi connectivity index (χ0v) is 22.3. The molecule has 0 aliphatic carbocycles. The van der Waals surface area contributed by atoms with E-state index in [0.29, 0.717) is 39.4 Å². The van der Waals surface area contributed by atoms with Crippen LogP contribution in [-0.4, -0.2) is 37.8 Å². The minimum absolute atomic E-state index is 0.0618. The summed E-state index contributed by atoms with van der Waals surface area (Å²) in [4.78, 5) is 39.2. The van der Waals surface area contributed by atoms with Crippen molar-refractivity contribution in [1.29, 1.82) is 0 Å². The van der Waals surface area contributed by atoms with Crippen molar-refractivity contribution in [1.82, 2.24) is 19.5 Å². The van der Waals surface area contributed by atoms with E-state index in [1.54, 1.807) is 0 Å². The number of fused-ring (bicyclic) bond motifs is 4. The molecule has 1 amide bonds. The van der Waals surface area contributed by atoms with Gasteiger partial charge in [0.25, 0.3) is 5.56 Å². The monoisotopic (exact) mass is 541 g/mol. The molecule has 3 aromatic carbocycles. The smallest absolute Gasteiger partial charge is 0.283 e. The van der Waals surface area contributed by atoms with E-state index in [9.17, 15) is 9.59 Å². The molecule has 0 aliphatic rings. The van der Waals surface area contributed by atoms with Crippen LogP contribution in [0, 0.1) is 6.92 Å². The number of aryl methyl sites for hydroxylation is 1. The zero-order chi connectivity index (χ0) is 26.2. The largest absolute Gasteiger partial charge is 0.494 e. The van der Waals surface area contributed by atoms with E-state index in [4.69, 9.17) is 9.72 Å². The fourth-order valence-electron chi connectivity index (χ4n) is 4.30. The molecule has 8 nitrogen and oxygen atoms in total. The average molecular weight is 542 g/mol. The Morgan fingerprint density at radius 3 is 2.74 bits per heavy atom. The van der Waals surface area contributed by atoms with Crippen LogP contribution >= 0.6 is 23.1 Å². The number of hydrogen-bond acceptors (Lipinski definition) is 7. The first-order valence-electron chi connectivity index (χ1n) is 12.1. The predicted molar refractivity (Wildman–Crippen MR) is 154 cm³/mol. The normalized spacial score (nSPS) is 11.4. The molecule has 2 N–H and O–H groups in total. The SMILES string of the molecule is CCOc1ccc(-n2c(SCC(=O)Nc3nc4ccc(C)cc4s3)nc3c([nH]c4ccccc43)c2=O)cc1. The van der Waals surface area contributed by atoms with Crippen LogP contribution in [0.2, 0.25) is 0 Å². The van der Waals surface area contributed by atoms with E-state index in [1.165, 1.54) is 27.7 Å². The standard InChI is InChI=1S/C28H23N5O3S2/c1-3-36-18-11-9-17(10-12-18)33-26(35)25-24(19-6-4-5-7-20(19)29-25)32-28(33)37-15-23(34)31-27-30-21-13-8-16(2)14-22(21)38-27/h4-14,29H,3,15H2,1-2H3,(H,30,31,34). The van der Waals surface area contributed by atoms with Crippen LogP contribution < -0.4 is 15.6 Å². The number of thioether (sulfide) groups is 1. The van der Waals surface area contributed by atoms with Gasteiger partial charge < -0.3 is 15.0 Å². The van der Waals surface area contributed by atoms with Crippen LogP contribution in [0.4, 0.5) is 5.13 Å². The van der Waals surface area contributed by atoms with Crippen molar-refractivity contribution in [3.63, 3.8) is 0 Å². The maximum Gasteiger partial charge on any atom is 0.283 e. The quantitative estimate of drug-likeness (QED) is 0.192. The number of thiazole rings is 1. The summed E-state index contributed by atoms with van der Waals surface area (Å²) in [6, 6.07) is 20.9. The lowest BCUT2D eigenvalue weighted by Crippen LogP contribution is -2.23. The summed E-state index contributed by atoms with van der Waals surface area (Å²) in [5.74, 6) is 0.549. The summed E-state index contributed by atoms with van der Waals surface area (Å²) in [6.45, 7) is 4.49. The third kappa shape index (κ3) is 4.52. The number of anilines is 1. The highest BCUT2D eigenvalue weighted by atomic mass is 32.2. The Balaban J connectivity index is 1.35. The minimum atomic E-state index is -0.236. The summed E-state index contributed by atoms with van der Waals surface area (Å²) >= 11 is 2.64. The fraction of sp³-hybridized carbons (Fsp3) is 0.143. The third-order valence-electron chi connectivity index (χ3n) is 6.02. The molecule has 3 heterocycles. The summed E-state index contributed by atoms with van der Waals surface area (Å²) in [5.41, 5.74) is 4.21. The van der Waals surface area contributed by atoms with Crippen LogP contribution in [0.5, 0.6) is 5.75 Å². The number of nitrogens with zero attached hydrogens (tertiary/aromatic N) is 3. The summed E-state index contributed by atoms with van der Waals surface area (Å²) < 4.78 is 8.11. The lowest BCUT2D eigenvalue weighted by Gasteiger charge is -2.13. The van der Waals surface area contributed by atoms with Gasteiger partial charge in [-0.25, -0.2) is 9.97 Å². The number of amides is 1. The minimum Gasteiger partial charge on any atom is -0.494 e. The molecule has 0 fully saturated rings. The molecular weight excluding hydrogens is 518 g/mol. The number of hydrogen-bond donors (Lipinski definition) is 2. The van der Waals surface area contributed by atoms with Crippen molar-refractivity contribution in [3.8, 4) is 11.4 Å². The van der Waals surface area contributed by atoms with Crippen LogP contribution in [0.3, 0.4) is 0 Å². The Kier molecular flexibility index (Phi) is 6.34. The highest BCUT2D eigenvalue weighted by Crippen LogP contribution is 2.29. The van der Waals surface area contributed by atoms with Gasteiger partial charge in [0, 0.05) is 10.9 Å². The second-order valence-corrected chi connectivity index (χ2v) is 10.7. The lowest BCUT2D eigenvalue weighted by atomic mass is 10.2. The average Bonchev–Trinajstić information content (AvgIpc) is 3.49. The van der Waals surface area contributed by atoms with Crippen molar-refractivity contribution in [2.45, 2.75) is 19.0 Å². The first kappa shape index (κ1) is 24.2. The summed E-state index contributed by atoms with van der Waals surface area (Å²) in [6.07, 6.45) is 0. The second-order valence-electron chi connectivity index (χ2n) is 8.68. The van der Waals surface area contributed by atoms with Crippen molar-refractivity contribution >= 4 is 66.3 Å².